The molecule has 6 rings (SSSR count). The lowest BCUT2D eigenvalue weighted by molar-refractivity contribution is -0.950. The van der Waals surface area contributed by atoms with Gasteiger partial charge in [-0.2, -0.15) is 0 Å². The number of ether oxygens (including phenoxy) is 1. The van der Waals surface area contributed by atoms with Crippen LogP contribution < -0.4 is 4.74 Å². The zero-order valence-corrected chi connectivity index (χ0v) is 15.2. The average Bonchev–Trinajstić information content (AvgIpc) is 3.32. The number of piperidine rings is 1. The van der Waals surface area contributed by atoms with Crippen molar-refractivity contribution in [2.75, 3.05) is 20.1 Å². The third-order valence-corrected chi connectivity index (χ3v) is 8.28. The van der Waals surface area contributed by atoms with Crippen LogP contribution in [0.1, 0.15) is 43.2 Å². The molecule has 3 unspecified atom stereocenters. The van der Waals surface area contributed by atoms with Gasteiger partial charge in [-0.3, -0.25) is 4.79 Å². The summed E-state index contributed by atoms with van der Waals surface area (Å²) in [4.78, 5) is 12.8. The minimum absolute atomic E-state index is 0.0789. The van der Waals surface area contributed by atoms with E-state index in [0.29, 0.717) is 18.6 Å². The maximum Gasteiger partial charge on any atom is 0.174 e. The molecule has 1 aromatic rings. The van der Waals surface area contributed by atoms with E-state index in [1.165, 1.54) is 12.8 Å². The van der Waals surface area contributed by atoms with Crippen molar-refractivity contribution in [3.8, 4) is 11.5 Å². The number of ketones is 1. The molecule has 1 saturated heterocycles. The summed E-state index contributed by atoms with van der Waals surface area (Å²) in [5.74, 6) is 1.42. The van der Waals surface area contributed by atoms with E-state index >= 15 is 0 Å². The molecule has 2 bridgehead atoms. The molecular weight excluding hydrogens is 330 g/mol. The van der Waals surface area contributed by atoms with Crippen molar-refractivity contribution in [2.45, 2.75) is 61.7 Å². The Labute approximate surface area is 153 Å². The van der Waals surface area contributed by atoms with Gasteiger partial charge >= 0.3 is 0 Å². The summed E-state index contributed by atoms with van der Waals surface area (Å²) in [5.41, 5.74) is 0.492. The topological polar surface area (TPSA) is 66.8 Å². The highest BCUT2D eigenvalue weighted by molar-refractivity contribution is 5.90. The molecule has 0 amide bonds. The molecule has 5 heteroatoms. The van der Waals surface area contributed by atoms with Crippen LogP contribution in [-0.4, -0.2) is 58.4 Å². The van der Waals surface area contributed by atoms with Crippen molar-refractivity contribution in [3.63, 3.8) is 0 Å². The molecule has 5 atom stereocenters. The number of nitrogens with zero attached hydrogens (tertiary/aromatic N) is 1. The van der Waals surface area contributed by atoms with E-state index in [4.69, 9.17) is 4.74 Å². The Balaban J connectivity index is 1.60. The molecule has 5 nitrogen and oxygen atoms in total. The number of rotatable bonds is 2. The van der Waals surface area contributed by atoms with Crippen molar-refractivity contribution < 1.29 is 24.2 Å². The van der Waals surface area contributed by atoms with Gasteiger partial charge in [-0.05, 0) is 30.9 Å². The average molecular weight is 356 g/mol. The van der Waals surface area contributed by atoms with E-state index < -0.39 is 17.1 Å². The first-order chi connectivity index (χ1) is 12.4. The van der Waals surface area contributed by atoms with Gasteiger partial charge in [0.2, 0.25) is 0 Å². The number of carbonyl (C=O) groups excluding carboxylic acids is 1. The number of Topliss-reactive ketones (excluding diaryl/α,β-unsaturated/α-hetero) is 1. The number of hydrogen-bond acceptors (Lipinski definition) is 4. The smallest absolute Gasteiger partial charge is 0.174 e. The highest BCUT2D eigenvalue weighted by atomic mass is 16.5. The quantitative estimate of drug-likeness (QED) is 0.791. The van der Waals surface area contributed by atoms with Gasteiger partial charge in [0.15, 0.2) is 23.4 Å². The number of benzene rings is 1. The molecule has 0 radical (unpaired) electrons. The normalized spacial score (nSPS) is 45.2. The molecule has 2 N–H and O–H groups in total. The van der Waals surface area contributed by atoms with Gasteiger partial charge in [-0.1, -0.05) is 6.07 Å². The number of quaternary nitrogens is 1. The number of likely N-dealkylation sites (tertiary alicyclic amines) is 1. The van der Waals surface area contributed by atoms with Crippen molar-refractivity contribution in [2.24, 2.45) is 5.92 Å². The fourth-order valence-corrected chi connectivity index (χ4v) is 6.94. The molecule has 138 valence electrons. The number of aliphatic hydroxyl groups is 1. The van der Waals surface area contributed by atoms with Crippen LogP contribution in [0.4, 0.5) is 0 Å². The van der Waals surface area contributed by atoms with Crippen LogP contribution >= 0.6 is 0 Å². The SMILES string of the molecule is C[N@@+]1(CC2CC2)CC[C@]23c4c5ccc(O)c4OC2C(=O)CCC3(O)C1C5. The molecule has 3 aliphatic carbocycles. The second-order valence-corrected chi connectivity index (χ2v) is 9.61. The second kappa shape index (κ2) is 4.45. The van der Waals surface area contributed by atoms with Gasteiger partial charge in [0.1, 0.15) is 11.6 Å². The highest BCUT2D eigenvalue weighted by Crippen LogP contribution is 2.65. The van der Waals surface area contributed by atoms with Gasteiger partial charge in [0, 0.05) is 30.7 Å². The molecule has 2 heterocycles. The third kappa shape index (κ3) is 1.55. The molecule has 1 aromatic carbocycles. The summed E-state index contributed by atoms with van der Waals surface area (Å²) in [5, 5.41) is 22.5. The number of carbonyl (C=O) groups is 1. The minimum Gasteiger partial charge on any atom is -0.504 e. The lowest BCUT2D eigenvalue weighted by Crippen LogP contribution is -2.80. The number of hydrogen-bond donors (Lipinski definition) is 2. The highest BCUT2D eigenvalue weighted by Gasteiger charge is 2.76. The van der Waals surface area contributed by atoms with E-state index in [0.717, 1.165) is 47.5 Å². The first-order valence-corrected chi connectivity index (χ1v) is 10.0. The number of phenolic OH excluding ortho intramolecular Hbond substituents is 1. The van der Waals surface area contributed by atoms with Gasteiger partial charge in [0.05, 0.1) is 25.6 Å². The molecule has 5 aliphatic rings. The first kappa shape index (κ1) is 15.5. The van der Waals surface area contributed by atoms with Crippen molar-refractivity contribution in [1.29, 1.82) is 0 Å². The van der Waals surface area contributed by atoms with Crippen molar-refractivity contribution in [1.82, 2.24) is 0 Å². The molecule has 26 heavy (non-hydrogen) atoms. The van der Waals surface area contributed by atoms with Crippen LogP contribution in [0.5, 0.6) is 11.5 Å². The Hall–Kier alpha value is -1.59. The summed E-state index contributed by atoms with van der Waals surface area (Å²) >= 11 is 0. The third-order valence-electron chi connectivity index (χ3n) is 8.28. The fraction of sp³-hybridized carbons (Fsp3) is 0.667. The zero-order valence-electron chi connectivity index (χ0n) is 15.2. The molecule has 2 aliphatic heterocycles. The van der Waals surface area contributed by atoms with Crippen LogP contribution in [0.3, 0.4) is 0 Å². The molecule has 1 spiro atoms. The Morgan fingerprint density at radius 3 is 2.88 bits per heavy atom. The second-order valence-electron chi connectivity index (χ2n) is 9.61. The van der Waals surface area contributed by atoms with Crippen LogP contribution in [0.15, 0.2) is 12.1 Å². The van der Waals surface area contributed by atoms with Gasteiger partial charge < -0.3 is 19.4 Å². The lowest BCUT2D eigenvalue weighted by Gasteiger charge is -2.64. The summed E-state index contributed by atoms with van der Waals surface area (Å²) in [6.07, 6.45) is 4.42. The van der Waals surface area contributed by atoms with Crippen LogP contribution in [0.25, 0.3) is 0 Å². The van der Waals surface area contributed by atoms with Crippen LogP contribution in [0.2, 0.25) is 0 Å². The van der Waals surface area contributed by atoms with Gasteiger partial charge in [0.25, 0.3) is 0 Å². The predicted molar refractivity (Wildman–Crippen MR) is 94.1 cm³/mol. The number of phenols is 1. The van der Waals surface area contributed by atoms with E-state index in [2.05, 4.69) is 7.05 Å². The van der Waals surface area contributed by atoms with Crippen LogP contribution in [-0.2, 0) is 16.6 Å². The Morgan fingerprint density at radius 2 is 2.12 bits per heavy atom. The zero-order chi connectivity index (χ0) is 17.9. The summed E-state index contributed by atoms with van der Waals surface area (Å²) in [6, 6.07) is 3.77. The fourth-order valence-electron chi connectivity index (χ4n) is 6.94. The Morgan fingerprint density at radius 1 is 1.31 bits per heavy atom. The van der Waals surface area contributed by atoms with E-state index in [9.17, 15) is 15.0 Å². The molecular formula is C21H26NO4+. The van der Waals surface area contributed by atoms with Crippen molar-refractivity contribution in [3.05, 3.63) is 23.3 Å². The van der Waals surface area contributed by atoms with E-state index in [1.807, 2.05) is 6.07 Å². The molecule has 3 fully saturated rings. The standard InChI is InChI=1S/C21H25NO4/c1-22(11-12-2-3-12)9-8-20-17-13-4-5-14(23)18(17)26-19(20)15(24)6-7-21(20,25)16(22)10-13/h4-5,12,16,19,25H,2-3,6-11H2,1H3/p+1/t16?,19?,20-,21?,22-/m0/s1. The first-order valence-electron chi connectivity index (χ1n) is 10.0. The molecule has 0 aromatic heterocycles. The van der Waals surface area contributed by atoms with E-state index in [-0.39, 0.29) is 17.6 Å². The maximum absolute atomic E-state index is 12.8. The summed E-state index contributed by atoms with van der Waals surface area (Å²) < 4.78 is 6.98. The number of aromatic hydroxyl groups is 1. The predicted octanol–water partition coefficient (Wildman–Crippen LogP) is 1.67. The maximum atomic E-state index is 12.8. The molecule has 2 saturated carbocycles. The number of likely N-dealkylation sites (N-methyl/N-ethyl adjacent to an activating group) is 1. The minimum atomic E-state index is -0.931. The lowest BCUT2D eigenvalue weighted by atomic mass is 9.48. The van der Waals surface area contributed by atoms with Gasteiger partial charge in [-0.15, -0.1) is 0 Å². The summed E-state index contributed by atoms with van der Waals surface area (Å²) in [6.45, 7) is 2.09. The van der Waals surface area contributed by atoms with E-state index in [1.54, 1.807) is 6.07 Å². The van der Waals surface area contributed by atoms with Crippen LogP contribution in [0, 0.1) is 5.92 Å². The van der Waals surface area contributed by atoms with Crippen molar-refractivity contribution >= 4 is 5.78 Å². The Bertz CT molecular complexity index is 849. The van der Waals surface area contributed by atoms with Gasteiger partial charge in [-0.25, -0.2) is 0 Å². The summed E-state index contributed by atoms with van der Waals surface area (Å²) in [7, 11) is 2.31. The Kier molecular flexibility index (Phi) is 2.65. The largest absolute Gasteiger partial charge is 0.504 e. The monoisotopic (exact) mass is 356 g/mol.